The zero-order valence-electron chi connectivity index (χ0n) is 8.80. The Morgan fingerprint density at radius 1 is 1.38 bits per heavy atom. The summed E-state index contributed by atoms with van der Waals surface area (Å²) in [5, 5.41) is 8.93. The molecule has 2 rings (SSSR count). The summed E-state index contributed by atoms with van der Waals surface area (Å²) < 4.78 is 5.29. The number of hydrogen-bond donors (Lipinski definition) is 1. The molecule has 0 bridgehead atoms. The van der Waals surface area contributed by atoms with Crippen LogP contribution in [-0.4, -0.2) is 16.1 Å². The summed E-state index contributed by atoms with van der Waals surface area (Å²) in [4.78, 5) is 14.7. The number of hydrogen-bond acceptors (Lipinski definition) is 3. The molecule has 1 aromatic heterocycles. The normalized spacial score (nSPS) is 10.3. The maximum atomic E-state index is 10.9. The standard InChI is InChI=1S/C12H11NO3/c1-8-13-11(12(14)15)10(16-8)7-9-5-3-2-4-6-9/h2-6H,7H2,1H3,(H,14,15). The molecule has 1 aromatic carbocycles. The Bertz CT molecular complexity index is 502. The molecule has 0 aliphatic carbocycles. The third-order valence-corrected chi connectivity index (χ3v) is 2.21. The van der Waals surface area contributed by atoms with Crippen molar-refractivity contribution in [1.29, 1.82) is 0 Å². The Hall–Kier alpha value is -2.10. The minimum atomic E-state index is -1.05. The van der Waals surface area contributed by atoms with Gasteiger partial charge < -0.3 is 9.52 Å². The van der Waals surface area contributed by atoms with E-state index in [1.807, 2.05) is 30.3 Å². The predicted molar refractivity (Wildman–Crippen MR) is 57.4 cm³/mol. The van der Waals surface area contributed by atoms with Crippen LogP contribution in [0.25, 0.3) is 0 Å². The molecular weight excluding hydrogens is 206 g/mol. The number of rotatable bonds is 3. The zero-order valence-corrected chi connectivity index (χ0v) is 8.80. The lowest BCUT2D eigenvalue weighted by molar-refractivity contribution is 0.0689. The first-order valence-corrected chi connectivity index (χ1v) is 4.90. The Labute approximate surface area is 92.6 Å². The minimum Gasteiger partial charge on any atom is -0.476 e. The first-order chi connectivity index (χ1) is 7.66. The van der Waals surface area contributed by atoms with Gasteiger partial charge in [0.1, 0.15) is 5.76 Å². The average Bonchev–Trinajstić information content (AvgIpc) is 2.61. The van der Waals surface area contributed by atoms with E-state index >= 15 is 0 Å². The highest BCUT2D eigenvalue weighted by Gasteiger charge is 2.17. The highest BCUT2D eigenvalue weighted by atomic mass is 16.4. The molecule has 0 amide bonds. The van der Waals surface area contributed by atoms with E-state index in [0.29, 0.717) is 18.1 Å². The van der Waals surface area contributed by atoms with Crippen molar-refractivity contribution in [3.63, 3.8) is 0 Å². The summed E-state index contributed by atoms with van der Waals surface area (Å²) in [7, 11) is 0. The fraction of sp³-hybridized carbons (Fsp3) is 0.167. The van der Waals surface area contributed by atoms with Crippen LogP contribution >= 0.6 is 0 Å². The van der Waals surface area contributed by atoms with Crippen LogP contribution in [0, 0.1) is 6.92 Å². The number of carboxylic acid groups (broad SMARTS) is 1. The van der Waals surface area contributed by atoms with Gasteiger partial charge in [0, 0.05) is 13.3 Å². The van der Waals surface area contributed by atoms with Gasteiger partial charge in [0.15, 0.2) is 11.6 Å². The van der Waals surface area contributed by atoms with Crippen LogP contribution in [0.2, 0.25) is 0 Å². The van der Waals surface area contributed by atoms with Gasteiger partial charge in [0.05, 0.1) is 0 Å². The average molecular weight is 217 g/mol. The molecule has 4 nitrogen and oxygen atoms in total. The van der Waals surface area contributed by atoms with Crippen LogP contribution in [0.3, 0.4) is 0 Å². The first-order valence-electron chi connectivity index (χ1n) is 4.90. The van der Waals surface area contributed by atoms with Crippen molar-refractivity contribution in [1.82, 2.24) is 4.98 Å². The van der Waals surface area contributed by atoms with Gasteiger partial charge in [-0.25, -0.2) is 9.78 Å². The fourth-order valence-electron chi connectivity index (χ4n) is 1.54. The fourth-order valence-corrected chi connectivity index (χ4v) is 1.54. The van der Waals surface area contributed by atoms with E-state index < -0.39 is 5.97 Å². The summed E-state index contributed by atoms with van der Waals surface area (Å²) in [6, 6.07) is 9.55. The lowest BCUT2D eigenvalue weighted by atomic mass is 10.1. The smallest absolute Gasteiger partial charge is 0.358 e. The Morgan fingerprint density at radius 2 is 2.06 bits per heavy atom. The second kappa shape index (κ2) is 4.18. The van der Waals surface area contributed by atoms with Crippen LogP contribution in [0.4, 0.5) is 0 Å². The van der Waals surface area contributed by atoms with E-state index in [2.05, 4.69) is 4.98 Å². The molecule has 0 spiro atoms. The van der Waals surface area contributed by atoms with E-state index in [1.165, 1.54) is 0 Å². The molecule has 0 saturated heterocycles. The molecule has 1 heterocycles. The zero-order chi connectivity index (χ0) is 11.5. The molecule has 0 aliphatic heterocycles. The SMILES string of the molecule is Cc1nc(C(=O)O)c(Cc2ccccc2)o1. The van der Waals surface area contributed by atoms with Gasteiger partial charge >= 0.3 is 5.97 Å². The molecular formula is C12H11NO3. The van der Waals surface area contributed by atoms with E-state index in [9.17, 15) is 4.79 Å². The summed E-state index contributed by atoms with van der Waals surface area (Å²) in [6.45, 7) is 1.64. The van der Waals surface area contributed by atoms with Crippen LogP contribution in [-0.2, 0) is 6.42 Å². The number of carboxylic acids is 1. The van der Waals surface area contributed by atoms with Crippen LogP contribution < -0.4 is 0 Å². The predicted octanol–water partition coefficient (Wildman–Crippen LogP) is 2.27. The summed E-state index contributed by atoms with van der Waals surface area (Å²) >= 11 is 0. The molecule has 0 unspecified atom stereocenters. The van der Waals surface area contributed by atoms with Crippen LogP contribution in [0.1, 0.15) is 27.7 Å². The molecule has 0 atom stereocenters. The summed E-state index contributed by atoms with van der Waals surface area (Å²) in [5.41, 5.74) is 1.00. The van der Waals surface area contributed by atoms with Gasteiger partial charge in [0.25, 0.3) is 0 Å². The van der Waals surface area contributed by atoms with Crippen molar-refractivity contribution in [2.45, 2.75) is 13.3 Å². The van der Waals surface area contributed by atoms with Crippen molar-refractivity contribution in [3.05, 3.63) is 53.2 Å². The molecule has 0 radical (unpaired) electrons. The van der Waals surface area contributed by atoms with Gasteiger partial charge in [-0.1, -0.05) is 30.3 Å². The van der Waals surface area contributed by atoms with E-state index in [4.69, 9.17) is 9.52 Å². The molecule has 16 heavy (non-hydrogen) atoms. The minimum absolute atomic E-state index is 0.00125. The quantitative estimate of drug-likeness (QED) is 0.856. The lowest BCUT2D eigenvalue weighted by Crippen LogP contribution is -2.01. The summed E-state index contributed by atoms with van der Waals surface area (Å²) in [5.74, 6) is -0.276. The third-order valence-electron chi connectivity index (χ3n) is 2.21. The van der Waals surface area contributed by atoms with Gasteiger partial charge in [-0.05, 0) is 5.56 Å². The third kappa shape index (κ3) is 2.11. The van der Waals surface area contributed by atoms with Crippen molar-refractivity contribution in [2.75, 3.05) is 0 Å². The van der Waals surface area contributed by atoms with Gasteiger partial charge in [0.2, 0.25) is 0 Å². The van der Waals surface area contributed by atoms with Crippen molar-refractivity contribution in [3.8, 4) is 0 Å². The number of aromatic nitrogens is 1. The van der Waals surface area contributed by atoms with Gasteiger partial charge in [-0.3, -0.25) is 0 Å². The molecule has 4 heteroatoms. The Kier molecular flexibility index (Phi) is 2.72. The Balaban J connectivity index is 2.31. The number of benzene rings is 1. The van der Waals surface area contributed by atoms with Crippen LogP contribution in [0.15, 0.2) is 34.7 Å². The molecule has 2 aromatic rings. The Morgan fingerprint density at radius 3 is 2.69 bits per heavy atom. The van der Waals surface area contributed by atoms with Gasteiger partial charge in [-0.2, -0.15) is 0 Å². The number of aromatic carboxylic acids is 1. The molecule has 0 saturated carbocycles. The van der Waals surface area contributed by atoms with E-state index in [0.717, 1.165) is 5.56 Å². The molecule has 1 N–H and O–H groups in total. The number of carbonyl (C=O) groups is 1. The molecule has 0 fully saturated rings. The number of aryl methyl sites for hydroxylation is 1. The highest BCUT2D eigenvalue weighted by Crippen LogP contribution is 2.15. The maximum absolute atomic E-state index is 10.9. The molecule has 82 valence electrons. The van der Waals surface area contributed by atoms with E-state index in [-0.39, 0.29) is 5.69 Å². The summed E-state index contributed by atoms with van der Waals surface area (Å²) in [6.07, 6.45) is 0.448. The first kappa shape index (κ1) is 10.4. The van der Waals surface area contributed by atoms with Crippen molar-refractivity contribution in [2.24, 2.45) is 0 Å². The van der Waals surface area contributed by atoms with Crippen molar-refractivity contribution < 1.29 is 14.3 Å². The van der Waals surface area contributed by atoms with Gasteiger partial charge in [-0.15, -0.1) is 0 Å². The maximum Gasteiger partial charge on any atom is 0.358 e. The number of nitrogens with zero attached hydrogens (tertiary/aromatic N) is 1. The lowest BCUT2D eigenvalue weighted by Gasteiger charge is -1.98. The second-order valence-electron chi connectivity index (χ2n) is 3.47. The monoisotopic (exact) mass is 217 g/mol. The number of oxazole rings is 1. The van der Waals surface area contributed by atoms with Crippen LogP contribution in [0.5, 0.6) is 0 Å². The van der Waals surface area contributed by atoms with Crippen molar-refractivity contribution >= 4 is 5.97 Å². The second-order valence-corrected chi connectivity index (χ2v) is 3.47. The highest BCUT2D eigenvalue weighted by molar-refractivity contribution is 5.86. The van der Waals surface area contributed by atoms with E-state index in [1.54, 1.807) is 6.92 Å². The molecule has 0 aliphatic rings. The largest absolute Gasteiger partial charge is 0.476 e. The topological polar surface area (TPSA) is 63.3 Å².